The zero-order valence-corrected chi connectivity index (χ0v) is 14.2. The number of nitrogens with one attached hydrogen (secondary N) is 1. The van der Waals surface area contributed by atoms with E-state index in [0.29, 0.717) is 10.7 Å². The van der Waals surface area contributed by atoms with Gasteiger partial charge in [0.25, 0.3) is 0 Å². The van der Waals surface area contributed by atoms with Gasteiger partial charge in [0.2, 0.25) is 0 Å². The summed E-state index contributed by atoms with van der Waals surface area (Å²) in [6, 6.07) is 0. The van der Waals surface area contributed by atoms with Crippen molar-refractivity contribution in [3.63, 3.8) is 0 Å². The molecule has 0 saturated heterocycles. The van der Waals surface area contributed by atoms with Crippen LogP contribution in [0.5, 0.6) is 0 Å². The molecule has 0 radical (unpaired) electrons. The van der Waals surface area contributed by atoms with E-state index >= 15 is 0 Å². The number of rotatable bonds is 6. The Morgan fingerprint density at radius 3 is 2.60 bits per heavy atom. The summed E-state index contributed by atoms with van der Waals surface area (Å²) < 4.78 is 2.77. The fraction of sp³-hybridized carbons (Fsp3) is 0.643. The third kappa shape index (κ3) is 2.86. The van der Waals surface area contributed by atoms with Crippen LogP contribution in [-0.4, -0.2) is 19.7 Å². The molecule has 2 heterocycles. The molecule has 0 unspecified atom stereocenters. The summed E-state index contributed by atoms with van der Waals surface area (Å²) in [4.78, 5) is 5.90. The molecule has 0 spiro atoms. The number of H-pyrrole nitrogens is 1. The van der Waals surface area contributed by atoms with Crippen molar-refractivity contribution in [1.29, 1.82) is 0 Å². The number of nitrogens with zero attached hydrogens (tertiary/aromatic N) is 3. The van der Waals surface area contributed by atoms with Crippen LogP contribution in [0, 0.1) is 11.7 Å². The number of aromatic amines is 1. The highest BCUT2D eigenvalue weighted by Crippen LogP contribution is 2.34. The lowest BCUT2D eigenvalue weighted by molar-refractivity contribution is 0.636. The molecule has 0 aliphatic heterocycles. The van der Waals surface area contributed by atoms with E-state index in [1.54, 1.807) is 11.3 Å². The number of aryl methyl sites for hydroxylation is 1. The second-order valence-corrected chi connectivity index (χ2v) is 6.40. The SMILES string of the molecule is CCCn1c(-c2sc(C(CC)CC)nc2C)n[nH]c1=S. The monoisotopic (exact) mass is 310 g/mol. The van der Waals surface area contributed by atoms with E-state index in [2.05, 4.69) is 42.5 Å². The molecule has 20 heavy (non-hydrogen) atoms. The van der Waals surface area contributed by atoms with E-state index < -0.39 is 0 Å². The van der Waals surface area contributed by atoms with E-state index in [1.165, 1.54) is 5.01 Å². The molecule has 0 aromatic carbocycles. The van der Waals surface area contributed by atoms with Gasteiger partial charge in [0.1, 0.15) is 0 Å². The zero-order chi connectivity index (χ0) is 14.7. The van der Waals surface area contributed by atoms with Gasteiger partial charge in [-0.1, -0.05) is 20.8 Å². The predicted molar refractivity (Wildman–Crippen MR) is 86.9 cm³/mol. The van der Waals surface area contributed by atoms with Crippen molar-refractivity contribution in [1.82, 2.24) is 19.7 Å². The summed E-state index contributed by atoms with van der Waals surface area (Å²) in [5.41, 5.74) is 1.06. The lowest BCUT2D eigenvalue weighted by Crippen LogP contribution is -1.99. The average molecular weight is 310 g/mol. The maximum Gasteiger partial charge on any atom is 0.195 e. The highest BCUT2D eigenvalue weighted by Gasteiger charge is 2.19. The Morgan fingerprint density at radius 1 is 1.30 bits per heavy atom. The number of thiazole rings is 1. The smallest absolute Gasteiger partial charge is 0.195 e. The van der Waals surface area contributed by atoms with E-state index in [1.807, 2.05) is 0 Å². The molecule has 0 aliphatic rings. The van der Waals surface area contributed by atoms with Gasteiger partial charge in [-0.25, -0.2) is 4.98 Å². The summed E-state index contributed by atoms with van der Waals surface area (Å²) >= 11 is 7.08. The minimum atomic E-state index is 0.550. The third-order valence-electron chi connectivity index (χ3n) is 3.56. The highest BCUT2D eigenvalue weighted by molar-refractivity contribution is 7.71. The summed E-state index contributed by atoms with van der Waals surface area (Å²) in [6.07, 6.45) is 3.30. The van der Waals surface area contributed by atoms with Crippen LogP contribution >= 0.6 is 23.6 Å². The Morgan fingerprint density at radius 2 is 2.00 bits per heavy atom. The van der Waals surface area contributed by atoms with Crippen molar-refractivity contribution in [2.45, 2.75) is 59.4 Å². The fourth-order valence-electron chi connectivity index (χ4n) is 2.36. The Balaban J connectivity index is 2.46. The fourth-order valence-corrected chi connectivity index (χ4v) is 3.91. The van der Waals surface area contributed by atoms with Crippen LogP contribution in [0.2, 0.25) is 0 Å². The normalized spacial score (nSPS) is 11.4. The third-order valence-corrected chi connectivity index (χ3v) is 5.18. The molecule has 110 valence electrons. The minimum absolute atomic E-state index is 0.550. The van der Waals surface area contributed by atoms with Gasteiger partial charge in [-0.2, -0.15) is 5.10 Å². The van der Waals surface area contributed by atoms with Crippen LogP contribution in [0.15, 0.2) is 0 Å². The van der Waals surface area contributed by atoms with Gasteiger partial charge >= 0.3 is 0 Å². The van der Waals surface area contributed by atoms with E-state index in [-0.39, 0.29) is 0 Å². The van der Waals surface area contributed by atoms with Gasteiger partial charge in [0.15, 0.2) is 10.6 Å². The molecule has 0 saturated carbocycles. The Labute approximate surface area is 129 Å². The maximum absolute atomic E-state index is 5.31. The quantitative estimate of drug-likeness (QED) is 0.788. The molecule has 2 aromatic rings. The first-order valence-electron chi connectivity index (χ1n) is 7.25. The molecular formula is C14H22N4S2. The van der Waals surface area contributed by atoms with Crippen LogP contribution in [0.4, 0.5) is 0 Å². The van der Waals surface area contributed by atoms with Crippen molar-refractivity contribution in [3.8, 4) is 10.7 Å². The van der Waals surface area contributed by atoms with Crippen LogP contribution in [0.25, 0.3) is 10.7 Å². The van der Waals surface area contributed by atoms with Crippen molar-refractivity contribution >= 4 is 23.6 Å². The van der Waals surface area contributed by atoms with Crippen molar-refractivity contribution in [3.05, 3.63) is 15.5 Å². The Hall–Kier alpha value is -1.01. The van der Waals surface area contributed by atoms with Crippen LogP contribution in [-0.2, 0) is 6.54 Å². The summed E-state index contributed by atoms with van der Waals surface area (Å²) in [7, 11) is 0. The van der Waals surface area contributed by atoms with Crippen molar-refractivity contribution in [2.75, 3.05) is 0 Å². The molecule has 1 N–H and O–H groups in total. The summed E-state index contributed by atoms with van der Waals surface area (Å²) in [6.45, 7) is 9.54. The van der Waals surface area contributed by atoms with Gasteiger partial charge in [-0.3, -0.25) is 9.67 Å². The molecule has 2 aromatic heterocycles. The Kier molecular flexibility index (Phi) is 5.10. The average Bonchev–Trinajstić information content (AvgIpc) is 2.97. The first-order chi connectivity index (χ1) is 9.62. The summed E-state index contributed by atoms with van der Waals surface area (Å²) in [5.74, 6) is 1.48. The molecule has 4 nitrogen and oxygen atoms in total. The molecule has 0 aliphatic carbocycles. The van der Waals surface area contributed by atoms with E-state index in [9.17, 15) is 0 Å². The Bertz CT molecular complexity index is 619. The lowest BCUT2D eigenvalue weighted by Gasteiger charge is -2.07. The minimum Gasteiger partial charge on any atom is -0.299 e. The van der Waals surface area contributed by atoms with Crippen LogP contribution < -0.4 is 0 Å². The molecule has 6 heteroatoms. The zero-order valence-electron chi connectivity index (χ0n) is 12.6. The van der Waals surface area contributed by atoms with Crippen molar-refractivity contribution < 1.29 is 0 Å². The molecule has 0 fully saturated rings. The van der Waals surface area contributed by atoms with Gasteiger partial charge in [-0.15, -0.1) is 11.3 Å². The van der Waals surface area contributed by atoms with Gasteiger partial charge in [0, 0.05) is 12.5 Å². The van der Waals surface area contributed by atoms with Gasteiger partial charge in [0.05, 0.1) is 15.6 Å². The van der Waals surface area contributed by atoms with E-state index in [0.717, 1.165) is 42.2 Å². The summed E-state index contributed by atoms with van der Waals surface area (Å²) in [5, 5.41) is 8.54. The maximum atomic E-state index is 5.31. The number of hydrogen-bond acceptors (Lipinski definition) is 4. The first kappa shape index (κ1) is 15.4. The predicted octanol–water partition coefficient (Wildman–Crippen LogP) is 4.69. The molecular weight excluding hydrogens is 288 g/mol. The molecule has 0 atom stereocenters. The largest absolute Gasteiger partial charge is 0.299 e. The molecule has 0 amide bonds. The number of hydrogen-bond donors (Lipinski definition) is 1. The van der Waals surface area contributed by atoms with Crippen molar-refractivity contribution in [2.24, 2.45) is 0 Å². The molecule has 0 bridgehead atoms. The van der Waals surface area contributed by atoms with E-state index in [4.69, 9.17) is 17.2 Å². The first-order valence-corrected chi connectivity index (χ1v) is 8.47. The topological polar surface area (TPSA) is 46.5 Å². The number of aromatic nitrogens is 4. The second-order valence-electron chi connectivity index (χ2n) is 4.98. The van der Waals surface area contributed by atoms with Crippen LogP contribution in [0.1, 0.15) is 56.7 Å². The lowest BCUT2D eigenvalue weighted by atomic mass is 10.1. The van der Waals surface area contributed by atoms with Gasteiger partial charge in [-0.05, 0) is 38.4 Å². The van der Waals surface area contributed by atoms with Gasteiger partial charge < -0.3 is 0 Å². The highest BCUT2D eigenvalue weighted by atomic mass is 32.1. The second kappa shape index (κ2) is 6.63. The molecule has 2 rings (SSSR count). The standard InChI is InChI=1S/C14H22N4S2/c1-5-8-18-12(16-17-14(18)19)11-9(4)15-13(20-11)10(6-2)7-3/h10H,5-8H2,1-4H3,(H,17,19). The van der Waals surface area contributed by atoms with Crippen LogP contribution in [0.3, 0.4) is 0 Å².